The molecule has 0 unspecified atom stereocenters. The molecule has 18 heavy (non-hydrogen) atoms. The number of hydrogen-bond donors (Lipinski definition) is 2. The minimum atomic E-state index is -0.359. The molecule has 5 heteroatoms. The smallest absolute Gasteiger partial charge is 0.225 e. The average molecular weight is 252 g/mol. The van der Waals surface area contributed by atoms with Crippen molar-refractivity contribution >= 4 is 5.95 Å². The van der Waals surface area contributed by atoms with Gasteiger partial charge in [-0.2, -0.15) is 0 Å². The molecule has 1 aromatic rings. The number of aliphatic hydroxyl groups excluding tert-OH is 1. The molecule has 0 aliphatic heterocycles. The molecular weight excluding hydrogens is 228 g/mol. The van der Waals surface area contributed by atoms with Gasteiger partial charge in [-0.3, -0.25) is 0 Å². The monoisotopic (exact) mass is 252 g/mol. The molecule has 1 aromatic heterocycles. The Hall–Kier alpha value is -1.20. The van der Waals surface area contributed by atoms with Crippen LogP contribution >= 0.6 is 0 Å². The quantitative estimate of drug-likeness (QED) is 0.714. The summed E-state index contributed by atoms with van der Waals surface area (Å²) in [6.45, 7) is 7.89. The van der Waals surface area contributed by atoms with Gasteiger partial charge < -0.3 is 15.3 Å². The number of aliphatic hydroxyl groups is 1. The van der Waals surface area contributed by atoms with Gasteiger partial charge in [0.15, 0.2) is 0 Å². The lowest BCUT2D eigenvalue weighted by Gasteiger charge is -2.33. The van der Waals surface area contributed by atoms with E-state index in [1.807, 2.05) is 38.2 Å². The van der Waals surface area contributed by atoms with Crippen molar-refractivity contribution in [3.63, 3.8) is 0 Å². The Balaban J connectivity index is 2.65. The van der Waals surface area contributed by atoms with Crippen LogP contribution in [0.2, 0.25) is 0 Å². The Bertz CT molecular complexity index is 351. The van der Waals surface area contributed by atoms with E-state index in [0.29, 0.717) is 5.95 Å². The molecule has 0 radical (unpaired) electrons. The molecule has 1 rings (SSSR count). The van der Waals surface area contributed by atoms with Crippen molar-refractivity contribution in [1.29, 1.82) is 0 Å². The molecule has 0 amide bonds. The molecule has 2 N–H and O–H groups in total. The SMILES string of the molecule is CCCNCc1cnc(N(C)C(C)(C)CO)nc1. The van der Waals surface area contributed by atoms with Crippen LogP contribution in [0.5, 0.6) is 0 Å². The summed E-state index contributed by atoms with van der Waals surface area (Å²) in [4.78, 5) is 10.6. The second-order valence-corrected chi connectivity index (χ2v) is 5.10. The van der Waals surface area contributed by atoms with Gasteiger partial charge in [0.25, 0.3) is 0 Å². The molecule has 0 aliphatic carbocycles. The van der Waals surface area contributed by atoms with Crippen LogP contribution in [-0.4, -0.2) is 40.8 Å². The zero-order chi connectivity index (χ0) is 13.6. The Labute approximate surface area is 109 Å². The van der Waals surface area contributed by atoms with Crippen molar-refractivity contribution in [2.24, 2.45) is 0 Å². The van der Waals surface area contributed by atoms with Crippen LogP contribution in [0.15, 0.2) is 12.4 Å². The molecule has 1 heterocycles. The molecule has 102 valence electrons. The van der Waals surface area contributed by atoms with Gasteiger partial charge in [-0.25, -0.2) is 9.97 Å². The fraction of sp³-hybridized carbons (Fsp3) is 0.692. The van der Waals surface area contributed by atoms with Gasteiger partial charge in [0.2, 0.25) is 5.95 Å². The second kappa shape index (κ2) is 6.66. The molecule has 0 atom stereocenters. The van der Waals surface area contributed by atoms with E-state index < -0.39 is 0 Å². The van der Waals surface area contributed by atoms with Crippen molar-refractivity contribution in [3.05, 3.63) is 18.0 Å². The summed E-state index contributed by atoms with van der Waals surface area (Å²) < 4.78 is 0. The number of nitrogens with zero attached hydrogens (tertiary/aromatic N) is 3. The first-order valence-corrected chi connectivity index (χ1v) is 6.37. The third kappa shape index (κ3) is 3.92. The third-order valence-corrected chi connectivity index (χ3v) is 3.04. The van der Waals surface area contributed by atoms with E-state index in [-0.39, 0.29) is 12.1 Å². The van der Waals surface area contributed by atoms with Crippen LogP contribution in [0.4, 0.5) is 5.95 Å². The molecule has 0 aliphatic rings. The Morgan fingerprint density at radius 2 is 1.94 bits per heavy atom. The van der Waals surface area contributed by atoms with E-state index in [1.54, 1.807) is 0 Å². The van der Waals surface area contributed by atoms with Gasteiger partial charge in [-0.1, -0.05) is 6.92 Å². The minimum absolute atomic E-state index is 0.0622. The highest BCUT2D eigenvalue weighted by Gasteiger charge is 2.24. The summed E-state index contributed by atoms with van der Waals surface area (Å²) in [5, 5.41) is 12.6. The lowest BCUT2D eigenvalue weighted by Crippen LogP contribution is -2.45. The lowest BCUT2D eigenvalue weighted by molar-refractivity contribution is 0.215. The number of hydrogen-bond acceptors (Lipinski definition) is 5. The first kappa shape index (κ1) is 14.9. The maximum Gasteiger partial charge on any atom is 0.225 e. The standard InChI is InChI=1S/C13H24N4O/c1-5-6-14-7-11-8-15-12(16-9-11)17(4)13(2,3)10-18/h8-9,14,18H,5-7,10H2,1-4H3. The number of anilines is 1. The van der Waals surface area contributed by atoms with Crippen molar-refractivity contribution in [1.82, 2.24) is 15.3 Å². The second-order valence-electron chi connectivity index (χ2n) is 5.10. The molecule has 0 spiro atoms. The van der Waals surface area contributed by atoms with Crippen LogP contribution in [0.1, 0.15) is 32.8 Å². The van der Waals surface area contributed by atoms with Crippen molar-refractivity contribution < 1.29 is 5.11 Å². The summed E-state index contributed by atoms with van der Waals surface area (Å²) in [6, 6.07) is 0. The zero-order valence-electron chi connectivity index (χ0n) is 11.8. The van der Waals surface area contributed by atoms with Gasteiger partial charge in [0, 0.05) is 31.5 Å². The molecule has 0 bridgehead atoms. The van der Waals surface area contributed by atoms with Crippen LogP contribution in [0, 0.1) is 0 Å². The first-order chi connectivity index (χ1) is 8.51. The van der Waals surface area contributed by atoms with Gasteiger partial charge in [-0.05, 0) is 26.8 Å². The molecular formula is C13H24N4O. The van der Waals surface area contributed by atoms with Gasteiger partial charge >= 0.3 is 0 Å². The maximum absolute atomic E-state index is 9.32. The van der Waals surface area contributed by atoms with Crippen LogP contribution in [0.3, 0.4) is 0 Å². The van der Waals surface area contributed by atoms with E-state index in [4.69, 9.17) is 0 Å². The molecule has 0 saturated heterocycles. The fourth-order valence-corrected chi connectivity index (χ4v) is 1.40. The van der Waals surface area contributed by atoms with Crippen molar-refractivity contribution in [2.75, 3.05) is 25.1 Å². The predicted octanol–water partition coefficient (Wildman–Crippen LogP) is 1.18. The largest absolute Gasteiger partial charge is 0.394 e. The highest BCUT2D eigenvalue weighted by atomic mass is 16.3. The highest BCUT2D eigenvalue weighted by Crippen LogP contribution is 2.17. The van der Waals surface area contributed by atoms with Crippen molar-refractivity contribution in [3.8, 4) is 0 Å². The van der Waals surface area contributed by atoms with Crippen LogP contribution in [0.25, 0.3) is 0 Å². The lowest BCUT2D eigenvalue weighted by atomic mass is 10.1. The Morgan fingerprint density at radius 3 is 2.44 bits per heavy atom. The Kier molecular flexibility index (Phi) is 5.50. The maximum atomic E-state index is 9.32. The zero-order valence-corrected chi connectivity index (χ0v) is 11.8. The van der Waals surface area contributed by atoms with E-state index in [2.05, 4.69) is 22.2 Å². The van der Waals surface area contributed by atoms with Gasteiger partial charge in [0.05, 0.1) is 12.1 Å². The van der Waals surface area contributed by atoms with E-state index in [9.17, 15) is 5.11 Å². The molecule has 0 saturated carbocycles. The summed E-state index contributed by atoms with van der Waals surface area (Å²) in [5.74, 6) is 0.633. The number of likely N-dealkylation sites (N-methyl/N-ethyl adjacent to an activating group) is 1. The topological polar surface area (TPSA) is 61.3 Å². The van der Waals surface area contributed by atoms with Crippen LogP contribution in [-0.2, 0) is 6.54 Å². The van der Waals surface area contributed by atoms with E-state index in [1.165, 1.54) is 0 Å². The fourth-order valence-electron chi connectivity index (χ4n) is 1.40. The third-order valence-electron chi connectivity index (χ3n) is 3.04. The molecule has 5 nitrogen and oxygen atoms in total. The van der Waals surface area contributed by atoms with Gasteiger partial charge in [0.1, 0.15) is 0 Å². The summed E-state index contributed by atoms with van der Waals surface area (Å²) in [6.07, 6.45) is 4.77. The highest BCUT2D eigenvalue weighted by molar-refractivity contribution is 5.32. The van der Waals surface area contributed by atoms with E-state index in [0.717, 1.165) is 25.1 Å². The normalized spacial score (nSPS) is 11.6. The van der Waals surface area contributed by atoms with E-state index >= 15 is 0 Å². The van der Waals surface area contributed by atoms with Crippen molar-refractivity contribution in [2.45, 2.75) is 39.3 Å². The summed E-state index contributed by atoms with van der Waals surface area (Å²) in [5.41, 5.74) is 0.713. The summed E-state index contributed by atoms with van der Waals surface area (Å²) >= 11 is 0. The first-order valence-electron chi connectivity index (χ1n) is 6.37. The molecule has 0 fully saturated rings. The molecule has 0 aromatic carbocycles. The minimum Gasteiger partial charge on any atom is -0.394 e. The number of rotatable bonds is 7. The number of aromatic nitrogens is 2. The predicted molar refractivity (Wildman–Crippen MR) is 73.6 cm³/mol. The summed E-state index contributed by atoms with van der Waals surface area (Å²) in [7, 11) is 1.89. The Morgan fingerprint density at radius 1 is 1.33 bits per heavy atom. The van der Waals surface area contributed by atoms with Gasteiger partial charge in [-0.15, -0.1) is 0 Å². The van der Waals surface area contributed by atoms with Crippen LogP contribution < -0.4 is 10.2 Å². The average Bonchev–Trinajstić information content (AvgIpc) is 2.39. The number of nitrogens with one attached hydrogen (secondary N) is 1.